The Morgan fingerprint density at radius 3 is 2.42 bits per heavy atom. The Labute approximate surface area is 151 Å². The second kappa shape index (κ2) is 7.19. The fourth-order valence-corrected chi connectivity index (χ4v) is 2.78. The Hall–Kier alpha value is -3.46. The number of unbranched alkanes of at least 4 members (excludes halogenated alkanes) is 1. The third-order valence-corrected chi connectivity index (χ3v) is 4.24. The number of hydrogen-bond donors (Lipinski definition) is 1. The quantitative estimate of drug-likeness (QED) is 0.841. The van der Waals surface area contributed by atoms with Gasteiger partial charge in [0.15, 0.2) is 0 Å². The molecule has 0 aliphatic carbocycles. The summed E-state index contributed by atoms with van der Waals surface area (Å²) in [5.41, 5.74) is 1.93. The van der Waals surface area contributed by atoms with Crippen LogP contribution in [-0.2, 0) is 0 Å². The molecule has 0 radical (unpaired) electrons. The number of benzene rings is 2. The van der Waals surface area contributed by atoms with E-state index in [1.165, 1.54) is 23.1 Å². The lowest BCUT2D eigenvalue weighted by molar-refractivity contribution is 0.0652. The van der Waals surface area contributed by atoms with Gasteiger partial charge in [-0.15, -0.1) is 0 Å². The molecule has 6 heteroatoms. The van der Waals surface area contributed by atoms with E-state index in [1.54, 1.807) is 24.3 Å². The molecule has 0 aromatic heterocycles. The molecule has 0 bridgehead atoms. The first-order valence-corrected chi connectivity index (χ1v) is 8.37. The fourth-order valence-electron chi connectivity index (χ4n) is 2.78. The van der Waals surface area contributed by atoms with E-state index in [2.05, 4.69) is 5.32 Å². The number of rotatable bonds is 5. The monoisotopic (exact) mass is 347 g/mol. The first kappa shape index (κ1) is 17.4. The zero-order chi connectivity index (χ0) is 18.7. The number of fused-ring (bicyclic) bond motifs is 1. The van der Waals surface area contributed by atoms with Crippen molar-refractivity contribution in [3.63, 3.8) is 0 Å². The van der Waals surface area contributed by atoms with Crippen LogP contribution < -0.4 is 5.32 Å². The molecule has 1 aliphatic heterocycles. The minimum absolute atomic E-state index is 0.263. The molecule has 0 atom stereocenters. The minimum atomic E-state index is -0.384. The third kappa shape index (κ3) is 3.20. The molecule has 1 N–H and O–H groups in total. The summed E-state index contributed by atoms with van der Waals surface area (Å²) in [5, 5.41) is 11.5. The van der Waals surface area contributed by atoms with Crippen molar-refractivity contribution in [2.24, 2.45) is 0 Å². The van der Waals surface area contributed by atoms with E-state index in [9.17, 15) is 14.4 Å². The van der Waals surface area contributed by atoms with E-state index in [-0.39, 0.29) is 23.3 Å². The lowest BCUT2D eigenvalue weighted by atomic mass is 10.1. The van der Waals surface area contributed by atoms with Crippen molar-refractivity contribution in [3.05, 3.63) is 64.7 Å². The summed E-state index contributed by atoms with van der Waals surface area (Å²) >= 11 is 0. The van der Waals surface area contributed by atoms with Crippen LogP contribution in [0.5, 0.6) is 0 Å². The van der Waals surface area contributed by atoms with Crippen molar-refractivity contribution in [1.29, 1.82) is 5.26 Å². The van der Waals surface area contributed by atoms with E-state index in [1.807, 2.05) is 13.0 Å². The summed E-state index contributed by atoms with van der Waals surface area (Å²) in [4.78, 5) is 38.4. The predicted molar refractivity (Wildman–Crippen MR) is 95.8 cm³/mol. The van der Waals surface area contributed by atoms with Gasteiger partial charge in [-0.1, -0.05) is 13.3 Å². The standard InChI is InChI=1S/C20H17N3O3/c1-2-3-10-23-19(25)16-9-6-14(11-17(16)20(23)26)18(24)22-15-7-4-13(12-21)5-8-15/h4-9,11H,2-3,10H2,1H3,(H,22,24). The highest BCUT2D eigenvalue weighted by molar-refractivity contribution is 6.22. The molecule has 0 spiro atoms. The predicted octanol–water partition coefficient (Wildman–Crippen LogP) is 3.21. The van der Waals surface area contributed by atoms with Gasteiger partial charge in [-0.3, -0.25) is 19.3 Å². The van der Waals surface area contributed by atoms with Gasteiger partial charge >= 0.3 is 0 Å². The zero-order valence-electron chi connectivity index (χ0n) is 14.3. The van der Waals surface area contributed by atoms with Crippen LogP contribution in [0.1, 0.15) is 56.4 Å². The van der Waals surface area contributed by atoms with E-state index in [0.29, 0.717) is 28.9 Å². The Morgan fingerprint density at radius 2 is 1.77 bits per heavy atom. The Kier molecular flexibility index (Phi) is 4.81. The number of hydrogen-bond acceptors (Lipinski definition) is 4. The molecular weight excluding hydrogens is 330 g/mol. The maximum atomic E-state index is 12.5. The summed E-state index contributed by atoms with van der Waals surface area (Å²) in [5.74, 6) is -1.05. The molecule has 6 nitrogen and oxygen atoms in total. The summed E-state index contributed by atoms with van der Waals surface area (Å²) in [6.07, 6.45) is 1.63. The number of amides is 3. The van der Waals surface area contributed by atoms with Crippen molar-refractivity contribution >= 4 is 23.4 Å². The lowest BCUT2D eigenvalue weighted by Gasteiger charge is -2.12. The van der Waals surface area contributed by atoms with E-state index in [4.69, 9.17) is 5.26 Å². The van der Waals surface area contributed by atoms with Gasteiger partial charge in [-0.25, -0.2) is 0 Å². The number of nitriles is 1. The summed E-state index contributed by atoms with van der Waals surface area (Å²) in [7, 11) is 0. The average Bonchev–Trinajstić information content (AvgIpc) is 2.90. The van der Waals surface area contributed by atoms with E-state index < -0.39 is 0 Å². The Morgan fingerprint density at radius 1 is 1.08 bits per heavy atom. The zero-order valence-corrected chi connectivity index (χ0v) is 14.3. The van der Waals surface area contributed by atoms with Crippen LogP contribution in [0, 0.1) is 11.3 Å². The average molecular weight is 347 g/mol. The number of imide groups is 1. The molecule has 1 heterocycles. The number of nitrogens with zero attached hydrogens (tertiary/aromatic N) is 2. The maximum absolute atomic E-state index is 12.5. The van der Waals surface area contributed by atoms with Crippen LogP contribution in [0.15, 0.2) is 42.5 Å². The number of nitrogens with one attached hydrogen (secondary N) is 1. The largest absolute Gasteiger partial charge is 0.322 e. The van der Waals surface area contributed by atoms with Crippen molar-refractivity contribution in [2.75, 3.05) is 11.9 Å². The molecule has 1 aliphatic rings. The third-order valence-electron chi connectivity index (χ3n) is 4.24. The second-order valence-electron chi connectivity index (χ2n) is 6.02. The van der Waals surface area contributed by atoms with Gasteiger partial charge in [0.2, 0.25) is 0 Å². The van der Waals surface area contributed by atoms with Gasteiger partial charge in [0.05, 0.1) is 22.8 Å². The van der Waals surface area contributed by atoms with Crippen molar-refractivity contribution < 1.29 is 14.4 Å². The van der Waals surface area contributed by atoms with Gasteiger partial charge in [-0.05, 0) is 48.9 Å². The van der Waals surface area contributed by atoms with Crippen molar-refractivity contribution in [3.8, 4) is 6.07 Å². The first-order valence-electron chi connectivity index (χ1n) is 8.37. The Balaban J connectivity index is 1.80. The van der Waals surface area contributed by atoms with Crippen LogP contribution in [-0.4, -0.2) is 29.2 Å². The van der Waals surface area contributed by atoms with Gasteiger partial charge in [0, 0.05) is 17.8 Å². The molecule has 130 valence electrons. The molecule has 3 amide bonds. The van der Waals surface area contributed by atoms with Crippen LogP contribution >= 0.6 is 0 Å². The molecule has 0 fully saturated rings. The molecule has 2 aromatic carbocycles. The number of carbonyl (C=O) groups excluding carboxylic acids is 3. The van der Waals surface area contributed by atoms with Crippen molar-refractivity contribution in [2.45, 2.75) is 19.8 Å². The van der Waals surface area contributed by atoms with E-state index in [0.717, 1.165) is 12.8 Å². The molecule has 0 saturated heterocycles. The molecule has 3 rings (SSSR count). The smallest absolute Gasteiger partial charge is 0.261 e. The fraction of sp³-hybridized carbons (Fsp3) is 0.200. The number of carbonyl (C=O) groups is 3. The molecule has 26 heavy (non-hydrogen) atoms. The summed E-state index contributed by atoms with van der Waals surface area (Å²) in [6, 6.07) is 13.0. The second-order valence-corrected chi connectivity index (χ2v) is 6.02. The summed E-state index contributed by atoms with van der Waals surface area (Å²) in [6.45, 7) is 2.37. The minimum Gasteiger partial charge on any atom is -0.322 e. The molecule has 0 saturated carbocycles. The van der Waals surface area contributed by atoms with Gasteiger partial charge in [0.1, 0.15) is 0 Å². The molecule has 2 aromatic rings. The molecular formula is C20H17N3O3. The van der Waals surface area contributed by atoms with Gasteiger partial charge < -0.3 is 5.32 Å². The lowest BCUT2D eigenvalue weighted by Crippen LogP contribution is -2.30. The highest BCUT2D eigenvalue weighted by atomic mass is 16.2. The van der Waals surface area contributed by atoms with E-state index >= 15 is 0 Å². The Bertz CT molecular complexity index is 926. The number of anilines is 1. The van der Waals surface area contributed by atoms with Gasteiger partial charge in [0.25, 0.3) is 17.7 Å². The van der Waals surface area contributed by atoms with Crippen LogP contribution in [0.2, 0.25) is 0 Å². The van der Waals surface area contributed by atoms with Gasteiger partial charge in [-0.2, -0.15) is 5.26 Å². The SMILES string of the molecule is CCCCN1C(=O)c2ccc(C(=O)Nc3ccc(C#N)cc3)cc2C1=O. The maximum Gasteiger partial charge on any atom is 0.261 e. The normalized spacial score (nSPS) is 12.7. The molecule has 0 unspecified atom stereocenters. The topological polar surface area (TPSA) is 90.3 Å². The van der Waals surface area contributed by atoms with Crippen LogP contribution in [0.3, 0.4) is 0 Å². The highest BCUT2D eigenvalue weighted by Gasteiger charge is 2.35. The van der Waals surface area contributed by atoms with Crippen LogP contribution in [0.25, 0.3) is 0 Å². The summed E-state index contributed by atoms with van der Waals surface area (Å²) < 4.78 is 0. The first-order chi connectivity index (χ1) is 12.5. The van der Waals surface area contributed by atoms with Crippen LogP contribution in [0.4, 0.5) is 5.69 Å². The highest BCUT2D eigenvalue weighted by Crippen LogP contribution is 2.25. The van der Waals surface area contributed by atoms with Crippen molar-refractivity contribution in [1.82, 2.24) is 4.90 Å².